The minimum atomic E-state index is -0.621. The van der Waals surface area contributed by atoms with Gasteiger partial charge in [-0.3, -0.25) is 24.6 Å². The summed E-state index contributed by atoms with van der Waals surface area (Å²) in [5.74, 6) is -1.81. The summed E-state index contributed by atoms with van der Waals surface area (Å²) in [6.07, 6.45) is 0.303. The number of anilines is 1. The lowest BCUT2D eigenvalue weighted by atomic mass is 10.1. The van der Waals surface area contributed by atoms with Crippen molar-refractivity contribution in [3.05, 3.63) is 75.8 Å². The van der Waals surface area contributed by atoms with Gasteiger partial charge in [-0.2, -0.15) is 0 Å². The molecule has 0 fully saturated rings. The van der Waals surface area contributed by atoms with Crippen molar-refractivity contribution < 1.29 is 23.9 Å². The van der Waals surface area contributed by atoms with Gasteiger partial charge in [-0.05, 0) is 24.3 Å². The number of rotatable bonds is 6. The van der Waals surface area contributed by atoms with E-state index in [0.717, 1.165) is 11.3 Å². The largest absolute Gasteiger partial charge is 0.465 e. The van der Waals surface area contributed by atoms with Gasteiger partial charge in [0.05, 0.1) is 29.4 Å². The molecule has 2 aromatic carbocycles. The average Bonchev–Trinajstić information content (AvgIpc) is 3.34. The first-order valence-electron chi connectivity index (χ1n) is 9.26. The van der Waals surface area contributed by atoms with Crippen molar-refractivity contribution in [1.29, 1.82) is 0 Å². The highest BCUT2D eigenvalue weighted by atomic mass is 32.1. The summed E-state index contributed by atoms with van der Waals surface area (Å²) in [7, 11) is 1.24. The molecule has 2 heterocycles. The van der Waals surface area contributed by atoms with Crippen LogP contribution in [0.3, 0.4) is 0 Å². The van der Waals surface area contributed by atoms with Crippen molar-refractivity contribution in [2.24, 2.45) is 0 Å². The van der Waals surface area contributed by atoms with E-state index in [-0.39, 0.29) is 34.6 Å². The van der Waals surface area contributed by atoms with Gasteiger partial charge in [-0.1, -0.05) is 35.6 Å². The van der Waals surface area contributed by atoms with E-state index in [4.69, 9.17) is 4.74 Å². The molecule has 0 saturated heterocycles. The second-order valence-electron chi connectivity index (χ2n) is 6.55. The second-order valence-corrected chi connectivity index (χ2v) is 7.61. The van der Waals surface area contributed by atoms with E-state index >= 15 is 0 Å². The molecular formula is C21H16N4O5S. The molecular weight excluding hydrogens is 420 g/mol. The molecule has 0 unspecified atom stereocenters. The monoisotopic (exact) mass is 436 g/mol. The summed E-state index contributed by atoms with van der Waals surface area (Å²) >= 11 is 1.13. The predicted molar refractivity (Wildman–Crippen MR) is 111 cm³/mol. The fourth-order valence-electron chi connectivity index (χ4n) is 3.19. The highest BCUT2D eigenvalue weighted by Gasteiger charge is 2.34. The van der Waals surface area contributed by atoms with Gasteiger partial charge in [0.25, 0.3) is 17.7 Å². The highest BCUT2D eigenvalue weighted by Crippen LogP contribution is 2.24. The molecule has 156 valence electrons. The van der Waals surface area contributed by atoms with Crippen LogP contribution in [0.25, 0.3) is 0 Å². The van der Waals surface area contributed by atoms with Crippen molar-refractivity contribution in [1.82, 2.24) is 15.1 Å². The summed E-state index contributed by atoms with van der Waals surface area (Å²) in [6.45, 7) is 0.153. The van der Waals surface area contributed by atoms with Crippen LogP contribution in [-0.2, 0) is 11.2 Å². The Morgan fingerprint density at radius 2 is 1.58 bits per heavy atom. The van der Waals surface area contributed by atoms with E-state index in [1.54, 1.807) is 36.4 Å². The molecule has 0 radical (unpaired) electrons. The Morgan fingerprint density at radius 3 is 2.23 bits per heavy atom. The zero-order valence-electron chi connectivity index (χ0n) is 16.3. The molecule has 1 aromatic heterocycles. The van der Waals surface area contributed by atoms with E-state index in [2.05, 4.69) is 15.5 Å². The molecule has 0 saturated carbocycles. The Labute approximate surface area is 180 Å². The van der Waals surface area contributed by atoms with Gasteiger partial charge in [0, 0.05) is 13.0 Å². The summed E-state index contributed by atoms with van der Waals surface area (Å²) in [4.78, 5) is 50.4. The standard InChI is InChI=1S/C21H16N4O5S/c1-30-20(29)15-9-5-2-6-12(15)17(26)22-21-24-23-16(31-21)10-11-25-18(27)13-7-3-4-8-14(13)19(25)28/h2-9H,10-11H2,1H3,(H,22,24,26). The van der Waals surface area contributed by atoms with Crippen molar-refractivity contribution in [2.45, 2.75) is 6.42 Å². The topological polar surface area (TPSA) is 119 Å². The molecule has 4 rings (SSSR count). The van der Waals surface area contributed by atoms with Crippen LogP contribution < -0.4 is 5.32 Å². The van der Waals surface area contributed by atoms with Crippen molar-refractivity contribution >= 4 is 40.2 Å². The van der Waals surface area contributed by atoms with Gasteiger partial charge >= 0.3 is 5.97 Å². The Bertz CT molecular complexity index is 1170. The number of nitrogens with zero attached hydrogens (tertiary/aromatic N) is 3. The Morgan fingerprint density at radius 1 is 0.968 bits per heavy atom. The average molecular weight is 436 g/mol. The van der Waals surface area contributed by atoms with Crippen LogP contribution in [0.4, 0.5) is 5.13 Å². The summed E-state index contributed by atoms with van der Waals surface area (Å²) < 4.78 is 4.70. The number of imide groups is 1. The maximum absolute atomic E-state index is 12.6. The first-order chi connectivity index (χ1) is 15.0. The quantitative estimate of drug-likeness (QED) is 0.466. The molecule has 10 heteroatoms. The highest BCUT2D eigenvalue weighted by molar-refractivity contribution is 7.15. The van der Waals surface area contributed by atoms with Crippen LogP contribution in [0, 0.1) is 0 Å². The lowest BCUT2D eigenvalue weighted by Crippen LogP contribution is -2.31. The first-order valence-corrected chi connectivity index (χ1v) is 10.1. The maximum atomic E-state index is 12.6. The number of methoxy groups -OCH3 is 1. The van der Waals surface area contributed by atoms with Gasteiger partial charge in [0.2, 0.25) is 5.13 Å². The molecule has 9 nitrogen and oxygen atoms in total. The molecule has 0 atom stereocenters. The lowest BCUT2D eigenvalue weighted by Gasteiger charge is -2.12. The minimum absolute atomic E-state index is 0.137. The SMILES string of the molecule is COC(=O)c1ccccc1C(=O)Nc1nnc(CCN2C(=O)c3ccccc3C2=O)s1. The van der Waals surface area contributed by atoms with E-state index in [1.165, 1.54) is 24.1 Å². The van der Waals surface area contributed by atoms with E-state index in [0.29, 0.717) is 22.6 Å². The number of hydrogen-bond donors (Lipinski definition) is 1. The van der Waals surface area contributed by atoms with Crippen LogP contribution in [0.2, 0.25) is 0 Å². The number of hydrogen-bond acceptors (Lipinski definition) is 8. The van der Waals surface area contributed by atoms with Crippen molar-refractivity contribution in [3.63, 3.8) is 0 Å². The van der Waals surface area contributed by atoms with Crippen LogP contribution >= 0.6 is 11.3 Å². The number of aromatic nitrogens is 2. The minimum Gasteiger partial charge on any atom is -0.465 e. The van der Waals surface area contributed by atoms with Gasteiger partial charge in [-0.25, -0.2) is 4.79 Å². The second kappa shape index (κ2) is 8.44. The number of esters is 1. The number of nitrogens with one attached hydrogen (secondary N) is 1. The van der Waals surface area contributed by atoms with Gasteiger partial charge < -0.3 is 4.74 Å². The third kappa shape index (κ3) is 3.92. The van der Waals surface area contributed by atoms with E-state index in [9.17, 15) is 19.2 Å². The molecule has 3 amide bonds. The molecule has 3 aromatic rings. The van der Waals surface area contributed by atoms with Gasteiger partial charge in [-0.15, -0.1) is 10.2 Å². The summed E-state index contributed by atoms with van der Waals surface area (Å²) in [5.41, 5.74) is 1.07. The van der Waals surface area contributed by atoms with E-state index in [1.807, 2.05) is 0 Å². The zero-order valence-corrected chi connectivity index (χ0v) is 17.1. The Hall–Kier alpha value is -3.92. The molecule has 31 heavy (non-hydrogen) atoms. The van der Waals surface area contributed by atoms with Gasteiger partial charge in [0.1, 0.15) is 5.01 Å². The van der Waals surface area contributed by atoms with E-state index < -0.39 is 11.9 Å². The summed E-state index contributed by atoms with van der Waals surface area (Å²) in [6, 6.07) is 12.9. The number of carbonyl (C=O) groups is 4. The predicted octanol–water partition coefficient (Wildman–Crippen LogP) is 2.42. The van der Waals surface area contributed by atoms with Crippen LogP contribution in [0.5, 0.6) is 0 Å². The number of carbonyl (C=O) groups excluding carboxylic acids is 4. The Balaban J connectivity index is 1.41. The molecule has 0 spiro atoms. The summed E-state index contributed by atoms with van der Waals surface area (Å²) in [5, 5.41) is 11.3. The van der Waals surface area contributed by atoms with Crippen molar-refractivity contribution in [3.8, 4) is 0 Å². The van der Waals surface area contributed by atoms with Crippen molar-refractivity contribution in [2.75, 3.05) is 19.0 Å². The number of benzene rings is 2. The molecule has 1 aliphatic rings. The normalized spacial score (nSPS) is 12.6. The molecule has 0 aliphatic carbocycles. The maximum Gasteiger partial charge on any atom is 0.338 e. The third-order valence-corrected chi connectivity index (χ3v) is 5.59. The molecule has 1 aliphatic heterocycles. The fourth-order valence-corrected chi connectivity index (χ4v) is 3.91. The number of fused-ring (bicyclic) bond motifs is 1. The third-order valence-electron chi connectivity index (χ3n) is 4.69. The number of ether oxygens (including phenoxy) is 1. The van der Waals surface area contributed by atoms with Crippen LogP contribution in [0.1, 0.15) is 46.4 Å². The fraction of sp³-hybridized carbons (Fsp3) is 0.143. The zero-order chi connectivity index (χ0) is 22.0. The smallest absolute Gasteiger partial charge is 0.338 e. The molecule has 0 bridgehead atoms. The van der Waals surface area contributed by atoms with Crippen LogP contribution in [-0.4, -0.2) is 52.4 Å². The van der Waals surface area contributed by atoms with Crippen LogP contribution in [0.15, 0.2) is 48.5 Å². The van der Waals surface area contributed by atoms with Gasteiger partial charge in [0.15, 0.2) is 0 Å². The number of amides is 3. The molecule has 1 N–H and O–H groups in total. The Kier molecular flexibility index (Phi) is 5.54. The first kappa shape index (κ1) is 20.4. The lowest BCUT2D eigenvalue weighted by molar-refractivity contribution is 0.0595.